The van der Waals surface area contributed by atoms with Crippen molar-refractivity contribution in [2.45, 2.75) is 0 Å². The highest BCUT2D eigenvalue weighted by Gasteiger charge is 2.14. The molecular weight excluding hydrogens is 341 g/mol. The molecule has 0 amide bonds. The average molecular weight is 359 g/mol. The van der Waals surface area contributed by atoms with Gasteiger partial charge in [0.25, 0.3) is 0 Å². The van der Waals surface area contributed by atoms with Crippen molar-refractivity contribution >= 4 is 16.5 Å². The lowest BCUT2D eigenvalue weighted by Crippen LogP contribution is -1.93. The zero-order chi connectivity index (χ0) is 18.8. The van der Waals surface area contributed by atoms with Crippen LogP contribution in [-0.2, 0) is 0 Å². The van der Waals surface area contributed by atoms with E-state index < -0.39 is 5.82 Å². The third-order valence-corrected chi connectivity index (χ3v) is 4.44. The molecule has 4 rings (SSSR count). The minimum Gasteiger partial charge on any atom is -0.494 e. The summed E-state index contributed by atoms with van der Waals surface area (Å²) < 4.78 is 25.2. The van der Waals surface area contributed by atoms with E-state index in [0.29, 0.717) is 17.2 Å². The van der Waals surface area contributed by atoms with Crippen molar-refractivity contribution in [1.29, 1.82) is 0 Å². The molecule has 0 atom stereocenters. The van der Waals surface area contributed by atoms with Gasteiger partial charge in [-0.05, 0) is 53.4 Å². The number of hydrogen-bond donors (Lipinski definition) is 1. The molecule has 0 spiro atoms. The maximum absolute atomic E-state index is 13.9. The van der Waals surface area contributed by atoms with Gasteiger partial charge in [0.05, 0.1) is 7.11 Å². The lowest BCUT2D eigenvalue weighted by molar-refractivity contribution is 0.387. The number of benzene rings is 4. The van der Waals surface area contributed by atoms with Gasteiger partial charge in [0.1, 0.15) is 11.5 Å². The van der Waals surface area contributed by atoms with Gasteiger partial charge in [0.2, 0.25) is 0 Å². The van der Waals surface area contributed by atoms with E-state index in [1.54, 1.807) is 24.3 Å². The topological polar surface area (TPSA) is 44.5 Å². The van der Waals surface area contributed by atoms with Crippen LogP contribution in [0.4, 0.5) is 10.1 Å². The molecule has 0 saturated heterocycles. The molecule has 0 aliphatic carbocycles. The van der Waals surface area contributed by atoms with Gasteiger partial charge in [-0.15, -0.1) is 0 Å². The Kier molecular flexibility index (Phi) is 4.38. The molecule has 27 heavy (non-hydrogen) atoms. The fourth-order valence-electron chi connectivity index (χ4n) is 3.06. The summed E-state index contributed by atoms with van der Waals surface area (Å²) in [4.78, 5) is 0. The Labute approximate surface area is 156 Å². The molecule has 2 N–H and O–H groups in total. The Morgan fingerprint density at radius 1 is 0.852 bits per heavy atom. The maximum Gasteiger partial charge on any atom is 0.165 e. The smallest absolute Gasteiger partial charge is 0.165 e. The van der Waals surface area contributed by atoms with E-state index >= 15 is 0 Å². The van der Waals surface area contributed by atoms with Crippen molar-refractivity contribution in [3.63, 3.8) is 0 Å². The highest BCUT2D eigenvalue weighted by atomic mass is 19.1. The van der Waals surface area contributed by atoms with Crippen LogP contribution in [0.3, 0.4) is 0 Å². The monoisotopic (exact) mass is 359 g/mol. The van der Waals surface area contributed by atoms with E-state index in [9.17, 15) is 4.39 Å². The van der Waals surface area contributed by atoms with Gasteiger partial charge in [-0.1, -0.05) is 36.4 Å². The summed E-state index contributed by atoms with van der Waals surface area (Å²) in [6, 6.07) is 24.0. The second-order valence-corrected chi connectivity index (χ2v) is 6.18. The van der Waals surface area contributed by atoms with Crippen LogP contribution in [0.15, 0.2) is 78.9 Å². The zero-order valence-electron chi connectivity index (χ0n) is 14.8. The first-order valence-corrected chi connectivity index (χ1v) is 8.55. The van der Waals surface area contributed by atoms with Crippen molar-refractivity contribution in [2.75, 3.05) is 12.8 Å². The normalized spacial score (nSPS) is 10.7. The quantitative estimate of drug-likeness (QED) is 0.453. The van der Waals surface area contributed by atoms with E-state index in [1.807, 2.05) is 48.5 Å². The van der Waals surface area contributed by atoms with Crippen LogP contribution in [0.1, 0.15) is 0 Å². The standard InChI is InChI=1S/C23H18FNO2/c1-26-22-14-16(7-13-21(22)24)20-12-6-15-4-2-3-5-19(15)23(20)27-18-10-8-17(25)9-11-18/h2-14H,25H2,1H3. The van der Waals surface area contributed by atoms with Gasteiger partial charge in [-0.25, -0.2) is 4.39 Å². The SMILES string of the molecule is COc1cc(-c2ccc3ccccc3c2Oc2ccc(N)cc2)ccc1F. The number of methoxy groups -OCH3 is 1. The summed E-state index contributed by atoms with van der Waals surface area (Å²) in [5.41, 5.74) is 8.10. The predicted octanol–water partition coefficient (Wildman–Crippen LogP) is 6.03. The van der Waals surface area contributed by atoms with Crippen molar-refractivity contribution in [3.8, 4) is 28.4 Å². The summed E-state index contributed by atoms with van der Waals surface area (Å²) >= 11 is 0. The number of nitrogen functional groups attached to an aromatic ring is 1. The molecule has 3 nitrogen and oxygen atoms in total. The first-order chi connectivity index (χ1) is 13.2. The fourth-order valence-corrected chi connectivity index (χ4v) is 3.06. The number of nitrogens with two attached hydrogens (primary N) is 1. The first-order valence-electron chi connectivity index (χ1n) is 8.55. The van der Waals surface area contributed by atoms with Crippen LogP contribution in [0, 0.1) is 5.82 Å². The Hall–Kier alpha value is -3.53. The van der Waals surface area contributed by atoms with E-state index in [-0.39, 0.29) is 5.75 Å². The molecule has 4 heteroatoms. The number of halogens is 1. The van der Waals surface area contributed by atoms with Gasteiger partial charge in [0, 0.05) is 16.6 Å². The molecule has 0 bridgehead atoms. The van der Waals surface area contributed by atoms with Crippen molar-refractivity contribution < 1.29 is 13.9 Å². The van der Waals surface area contributed by atoms with Crippen LogP contribution in [0.5, 0.6) is 17.2 Å². The van der Waals surface area contributed by atoms with Gasteiger partial charge >= 0.3 is 0 Å². The van der Waals surface area contributed by atoms with Crippen LogP contribution >= 0.6 is 0 Å². The van der Waals surface area contributed by atoms with Gasteiger partial charge in [0.15, 0.2) is 11.6 Å². The molecule has 0 heterocycles. The van der Waals surface area contributed by atoms with Crippen molar-refractivity contribution in [3.05, 3.63) is 84.7 Å². The average Bonchev–Trinajstić information content (AvgIpc) is 2.70. The summed E-state index contributed by atoms with van der Waals surface area (Å²) in [5, 5.41) is 2.02. The Morgan fingerprint density at radius 3 is 2.41 bits per heavy atom. The third kappa shape index (κ3) is 3.29. The second-order valence-electron chi connectivity index (χ2n) is 6.18. The van der Waals surface area contributed by atoms with Crippen LogP contribution in [0.2, 0.25) is 0 Å². The minimum atomic E-state index is -0.400. The molecule has 0 aromatic heterocycles. The van der Waals surface area contributed by atoms with Crippen LogP contribution in [-0.4, -0.2) is 7.11 Å². The Bertz CT molecular complexity index is 1110. The molecule has 0 aliphatic rings. The summed E-state index contributed by atoms with van der Waals surface area (Å²) in [7, 11) is 1.45. The van der Waals surface area contributed by atoms with E-state index in [1.165, 1.54) is 13.2 Å². The molecule has 0 unspecified atom stereocenters. The molecular formula is C23H18FNO2. The van der Waals surface area contributed by atoms with Gasteiger partial charge < -0.3 is 15.2 Å². The van der Waals surface area contributed by atoms with E-state index in [4.69, 9.17) is 15.2 Å². The molecule has 4 aromatic rings. The molecule has 4 aromatic carbocycles. The summed E-state index contributed by atoms with van der Waals surface area (Å²) in [6.45, 7) is 0. The lowest BCUT2D eigenvalue weighted by Gasteiger charge is -2.15. The Balaban J connectivity index is 1.91. The molecule has 0 aliphatic heterocycles. The third-order valence-electron chi connectivity index (χ3n) is 4.44. The Morgan fingerprint density at radius 2 is 1.63 bits per heavy atom. The highest BCUT2D eigenvalue weighted by molar-refractivity contribution is 5.95. The van der Waals surface area contributed by atoms with Crippen molar-refractivity contribution in [1.82, 2.24) is 0 Å². The zero-order valence-corrected chi connectivity index (χ0v) is 14.8. The highest BCUT2D eigenvalue weighted by Crippen LogP contribution is 2.40. The largest absolute Gasteiger partial charge is 0.494 e. The predicted molar refractivity (Wildman–Crippen MR) is 107 cm³/mol. The van der Waals surface area contributed by atoms with Crippen LogP contribution < -0.4 is 15.2 Å². The van der Waals surface area contributed by atoms with Crippen molar-refractivity contribution in [2.24, 2.45) is 0 Å². The maximum atomic E-state index is 13.9. The number of ether oxygens (including phenoxy) is 2. The molecule has 0 radical (unpaired) electrons. The summed E-state index contributed by atoms with van der Waals surface area (Å²) in [6.07, 6.45) is 0. The van der Waals surface area contributed by atoms with Gasteiger partial charge in [-0.2, -0.15) is 0 Å². The molecule has 0 fully saturated rings. The van der Waals surface area contributed by atoms with E-state index in [2.05, 4.69) is 0 Å². The fraction of sp³-hybridized carbons (Fsp3) is 0.0435. The van der Waals surface area contributed by atoms with Gasteiger partial charge in [-0.3, -0.25) is 0 Å². The second kappa shape index (κ2) is 7.00. The minimum absolute atomic E-state index is 0.194. The molecule has 134 valence electrons. The van der Waals surface area contributed by atoms with E-state index in [0.717, 1.165) is 21.9 Å². The lowest BCUT2D eigenvalue weighted by atomic mass is 9.99. The first kappa shape index (κ1) is 16.9. The summed E-state index contributed by atoms with van der Waals surface area (Å²) in [5.74, 6) is 1.17. The molecule has 0 saturated carbocycles. The number of anilines is 1. The van der Waals surface area contributed by atoms with Crippen LogP contribution in [0.25, 0.3) is 21.9 Å². The number of hydrogen-bond acceptors (Lipinski definition) is 3. The number of fused-ring (bicyclic) bond motifs is 1. The number of rotatable bonds is 4.